The van der Waals surface area contributed by atoms with Crippen LogP contribution in [0.3, 0.4) is 0 Å². The molecule has 0 radical (unpaired) electrons. The van der Waals surface area contributed by atoms with Gasteiger partial charge in [-0.1, -0.05) is 48.0 Å². The molecule has 0 fully saturated rings. The lowest BCUT2D eigenvalue weighted by Gasteiger charge is -2.09. The molecule has 24 heavy (non-hydrogen) atoms. The molecule has 3 aromatic rings. The monoisotopic (exact) mass is 337 g/mol. The lowest BCUT2D eigenvalue weighted by molar-refractivity contribution is -0.115. The molecular formula is C20H16ClNO2. The SMILES string of the molecule is O=C(Cc1ccc(Cl)cc1)Nc1cccc(Oc2ccccc2)c1. The smallest absolute Gasteiger partial charge is 0.228 e. The molecule has 0 unspecified atom stereocenters. The first-order valence-corrected chi connectivity index (χ1v) is 7.94. The van der Waals surface area contributed by atoms with Crippen molar-refractivity contribution in [1.29, 1.82) is 0 Å². The molecular weight excluding hydrogens is 322 g/mol. The van der Waals surface area contributed by atoms with E-state index in [1.807, 2.05) is 60.7 Å². The second kappa shape index (κ2) is 7.66. The minimum atomic E-state index is -0.0887. The number of carbonyl (C=O) groups is 1. The van der Waals surface area contributed by atoms with Crippen molar-refractivity contribution < 1.29 is 9.53 Å². The Kier molecular flexibility index (Phi) is 5.14. The van der Waals surface area contributed by atoms with Crippen LogP contribution in [0.2, 0.25) is 5.02 Å². The first-order valence-electron chi connectivity index (χ1n) is 7.56. The molecule has 0 spiro atoms. The van der Waals surface area contributed by atoms with Crippen LogP contribution >= 0.6 is 11.6 Å². The molecule has 0 aliphatic heterocycles. The Labute approximate surface area is 145 Å². The predicted octanol–water partition coefficient (Wildman–Crippen LogP) is 5.31. The highest BCUT2D eigenvalue weighted by Gasteiger charge is 2.05. The highest BCUT2D eigenvalue weighted by atomic mass is 35.5. The number of halogens is 1. The van der Waals surface area contributed by atoms with Gasteiger partial charge in [0.2, 0.25) is 5.91 Å². The molecule has 0 aliphatic carbocycles. The summed E-state index contributed by atoms with van der Waals surface area (Å²) >= 11 is 5.85. The molecule has 0 aliphatic rings. The molecule has 0 heterocycles. The molecule has 3 nitrogen and oxygen atoms in total. The van der Waals surface area contributed by atoms with Crippen molar-refractivity contribution in [3.63, 3.8) is 0 Å². The van der Waals surface area contributed by atoms with Crippen LogP contribution in [-0.4, -0.2) is 5.91 Å². The number of nitrogens with one attached hydrogen (secondary N) is 1. The van der Waals surface area contributed by atoms with Crippen molar-refractivity contribution in [1.82, 2.24) is 0 Å². The molecule has 0 saturated carbocycles. The summed E-state index contributed by atoms with van der Waals surface area (Å²) in [5.41, 5.74) is 1.61. The number of rotatable bonds is 5. The number of hydrogen-bond acceptors (Lipinski definition) is 2. The maximum Gasteiger partial charge on any atom is 0.228 e. The number of hydrogen-bond donors (Lipinski definition) is 1. The van der Waals surface area contributed by atoms with Gasteiger partial charge in [-0.3, -0.25) is 4.79 Å². The number of carbonyl (C=O) groups excluding carboxylic acids is 1. The summed E-state index contributed by atoms with van der Waals surface area (Å²) in [5.74, 6) is 1.34. The average Bonchev–Trinajstić information content (AvgIpc) is 2.58. The maximum atomic E-state index is 12.2. The topological polar surface area (TPSA) is 38.3 Å². The van der Waals surface area contributed by atoms with Crippen molar-refractivity contribution in [2.75, 3.05) is 5.32 Å². The molecule has 3 aromatic carbocycles. The molecule has 0 saturated heterocycles. The van der Waals surface area contributed by atoms with Crippen LogP contribution in [-0.2, 0) is 11.2 Å². The number of ether oxygens (including phenoxy) is 1. The summed E-state index contributed by atoms with van der Waals surface area (Å²) in [5, 5.41) is 3.54. The standard InChI is InChI=1S/C20H16ClNO2/c21-16-11-9-15(10-12-16)13-20(23)22-17-5-4-8-19(14-17)24-18-6-2-1-3-7-18/h1-12,14H,13H2,(H,22,23). The Morgan fingerprint density at radius 2 is 1.58 bits per heavy atom. The van der Waals surface area contributed by atoms with Gasteiger partial charge in [0.25, 0.3) is 0 Å². The second-order valence-electron chi connectivity index (χ2n) is 5.29. The first kappa shape index (κ1) is 16.1. The van der Waals surface area contributed by atoms with Crippen LogP contribution in [0.4, 0.5) is 5.69 Å². The summed E-state index contributed by atoms with van der Waals surface area (Å²) in [6.45, 7) is 0. The zero-order chi connectivity index (χ0) is 16.8. The number of amides is 1. The van der Waals surface area contributed by atoms with Gasteiger partial charge in [-0.25, -0.2) is 0 Å². The van der Waals surface area contributed by atoms with E-state index in [1.165, 1.54) is 0 Å². The van der Waals surface area contributed by atoms with Gasteiger partial charge < -0.3 is 10.1 Å². The van der Waals surface area contributed by atoms with Gasteiger partial charge in [0.05, 0.1) is 6.42 Å². The van der Waals surface area contributed by atoms with Crippen molar-refractivity contribution >= 4 is 23.2 Å². The highest BCUT2D eigenvalue weighted by molar-refractivity contribution is 6.30. The van der Waals surface area contributed by atoms with Gasteiger partial charge in [0.15, 0.2) is 0 Å². The third-order valence-corrected chi connectivity index (χ3v) is 3.63. The third-order valence-electron chi connectivity index (χ3n) is 3.37. The molecule has 1 amide bonds. The van der Waals surface area contributed by atoms with Crippen molar-refractivity contribution in [3.05, 3.63) is 89.4 Å². The second-order valence-corrected chi connectivity index (χ2v) is 5.73. The lowest BCUT2D eigenvalue weighted by atomic mass is 10.1. The zero-order valence-corrected chi connectivity index (χ0v) is 13.7. The van der Waals surface area contributed by atoms with Gasteiger partial charge in [-0.2, -0.15) is 0 Å². The van der Waals surface area contributed by atoms with Crippen molar-refractivity contribution in [2.45, 2.75) is 6.42 Å². The molecule has 0 atom stereocenters. The molecule has 1 N–H and O–H groups in total. The number of para-hydroxylation sites is 1. The summed E-state index contributed by atoms with van der Waals surface area (Å²) in [6.07, 6.45) is 0.293. The summed E-state index contributed by atoms with van der Waals surface area (Å²) in [7, 11) is 0. The van der Waals surface area contributed by atoms with Crippen molar-refractivity contribution in [3.8, 4) is 11.5 Å². The summed E-state index contributed by atoms with van der Waals surface area (Å²) in [4.78, 5) is 12.2. The van der Waals surface area contributed by atoms with Gasteiger partial charge in [-0.05, 0) is 42.0 Å². The van der Waals surface area contributed by atoms with Gasteiger partial charge >= 0.3 is 0 Å². The van der Waals surface area contributed by atoms with Crippen LogP contribution in [0.25, 0.3) is 0 Å². The van der Waals surface area contributed by atoms with E-state index in [9.17, 15) is 4.79 Å². The van der Waals surface area contributed by atoms with Crippen LogP contribution in [0.1, 0.15) is 5.56 Å². The molecule has 3 rings (SSSR count). The Hall–Kier alpha value is -2.78. The van der Waals surface area contributed by atoms with Gasteiger partial charge in [0.1, 0.15) is 11.5 Å². The first-order chi connectivity index (χ1) is 11.7. The van der Waals surface area contributed by atoms with Crippen LogP contribution in [0.15, 0.2) is 78.9 Å². The quantitative estimate of drug-likeness (QED) is 0.684. The molecule has 0 bridgehead atoms. The third kappa shape index (κ3) is 4.61. The van der Waals surface area contributed by atoms with E-state index >= 15 is 0 Å². The van der Waals surface area contributed by atoms with Crippen LogP contribution < -0.4 is 10.1 Å². The fourth-order valence-corrected chi connectivity index (χ4v) is 2.38. The zero-order valence-electron chi connectivity index (χ0n) is 12.9. The predicted molar refractivity (Wildman–Crippen MR) is 96.7 cm³/mol. The molecule has 4 heteroatoms. The summed E-state index contributed by atoms with van der Waals surface area (Å²) in [6, 6.07) is 24.1. The fraction of sp³-hybridized carbons (Fsp3) is 0.0500. The van der Waals surface area contributed by atoms with E-state index in [0.29, 0.717) is 22.9 Å². The van der Waals surface area contributed by atoms with Crippen LogP contribution in [0, 0.1) is 0 Å². The van der Waals surface area contributed by atoms with E-state index in [-0.39, 0.29) is 5.91 Å². The van der Waals surface area contributed by atoms with Gasteiger partial charge in [-0.15, -0.1) is 0 Å². The lowest BCUT2D eigenvalue weighted by Crippen LogP contribution is -2.14. The minimum Gasteiger partial charge on any atom is -0.457 e. The fourth-order valence-electron chi connectivity index (χ4n) is 2.25. The largest absolute Gasteiger partial charge is 0.457 e. The Morgan fingerprint density at radius 3 is 2.33 bits per heavy atom. The van der Waals surface area contributed by atoms with E-state index in [1.54, 1.807) is 18.2 Å². The van der Waals surface area contributed by atoms with E-state index in [2.05, 4.69) is 5.32 Å². The van der Waals surface area contributed by atoms with E-state index in [4.69, 9.17) is 16.3 Å². The number of benzene rings is 3. The summed E-state index contributed by atoms with van der Waals surface area (Å²) < 4.78 is 5.77. The van der Waals surface area contributed by atoms with Crippen molar-refractivity contribution in [2.24, 2.45) is 0 Å². The molecule has 0 aromatic heterocycles. The average molecular weight is 338 g/mol. The van der Waals surface area contributed by atoms with Gasteiger partial charge in [0, 0.05) is 16.8 Å². The minimum absolute atomic E-state index is 0.0887. The van der Waals surface area contributed by atoms with E-state index < -0.39 is 0 Å². The Bertz CT molecular complexity index is 817. The highest BCUT2D eigenvalue weighted by Crippen LogP contribution is 2.24. The molecule has 120 valence electrons. The Morgan fingerprint density at radius 1 is 0.875 bits per heavy atom. The van der Waals surface area contributed by atoms with Crippen LogP contribution in [0.5, 0.6) is 11.5 Å². The number of anilines is 1. The normalized spacial score (nSPS) is 10.2. The Balaban J connectivity index is 1.63. The van der Waals surface area contributed by atoms with E-state index in [0.717, 1.165) is 11.3 Å². The maximum absolute atomic E-state index is 12.2.